The van der Waals surface area contributed by atoms with Crippen molar-refractivity contribution in [2.45, 2.75) is 107 Å². The van der Waals surface area contributed by atoms with Gasteiger partial charge in [-0.15, -0.1) is 0 Å². The lowest BCUT2D eigenvalue weighted by atomic mass is 9.96. The first-order chi connectivity index (χ1) is 26.9. The first kappa shape index (κ1) is 48.4. The summed E-state index contributed by atoms with van der Waals surface area (Å²) in [6, 6.07) is -3.95. The number of carboxylic acids is 1. The predicted molar refractivity (Wildman–Crippen MR) is 184 cm³/mol. The number of phosphoric ester groups is 2. The number of aliphatic carboxylic acids is 1. The van der Waals surface area contributed by atoms with Crippen LogP contribution in [-0.2, 0) is 60.7 Å². The fraction of sp³-hybridized carbons (Fsp3) is 0.679. The van der Waals surface area contributed by atoms with Crippen molar-refractivity contribution >= 4 is 45.2 Å². The highest BCUT2D eigenvalue weighted by Crippen LogP contribution is 2.61. The number of ether oxygens (including phenoxy) is 3. The van der Waals surface area contributed by atoms with Crippen LogP contribution in [0.4, 0.5) is 0 Å². The Labute approximate surface area is 325 Å². The van der Waals surface area contributed by atoms with Crippen LogP contribution in [0.2, 0.25) is 0 Å². The first-order valence-electron chi connectivity index (χ1n) is 16.9. The van der Waals surface area contributed by atoms with Crippen molar-refractivity contribution in [2.75, 3.05) is 13.2 Å². The van der Waals surface area contributed by atoms with Gasteiger partial charge in [0.1, 0.15) is 60.9 Å². The summed E-state index contributed by atoms with van der Waals surface area (Å²) < 4.78 is 56.5. The third kappa shape index (κ3) is 13.3. The van der Waals surface area contributed by atoms with Crippen molar-refractivity contribution in [3.63, 3.8) is 0 Å². The van der Waals surface area contributed by atoms with E-state index < -0.39 is 143 Å². The molecule has 14 atom stereocenters. The van der Waals surface area contributed by atoms with E-state index in [1.165, 1.54) is 0 Å². The first-order valence-corrected chi connectivity index (χ1v) is 19.9. The van der Waals surface area contributed by atoms with Crippen molar-refractivity contribution in [2.24, 2.45) is 5.73 Å². The number of aliphatic hydroxyl groups is 4. The number of H-pyrrole nitrogens is 1. The summed E-state index contributed by atoms with van der Waals surface area (Å²) in [6.45, 7) is 1.01. The maximum Gasteiger partial charge on any atom is 0.483 e. The topological polar surface area (TPSA) is 433 Å². The molecular formula is C28H44N6O22P2. The van der Waals surface area contributed by atoms with E-state index in [1.54, 1.807) is 0 Å². The van der Waals surface area contributed by atoms with Gasteiger partial charge < -0.3 is 71.2 Å². The number of hydrogen-bond acceptors (Lipinski definition) is 19. The van der Waals surface area contributed by atoms with Crippen LogP contribution in [-0.4, -0.2) is 155 Å². The fourth-order valence-electron chi connectivity index (χ4n) is 5.44. The molecule has 1 aromatic rings. The van der Waals surface area contributed by atoms with Gasteiger partial charge in [-0.1, -0.05) is 0 Å². The molecule has 30 heteroatoms. The van der Waals surface area contributed by atoms with Gasteiger partial charge in [-0.05, 0) is 20.3 Å². The summed E-state index contributed by atoms with van der Waals surface area (Å²) in [5.41, 5.74) is 3.18. The molecule has 0 aliphatic carbocycles. The van der Waals surface area contributed by atoms with E-state index in [1.807, 2.05) is 4.98 Å². The molecule has 2 saturated heterocycles. The zero-order chi connectivity index (χ0) is 43.9. The number of carbonyl (C=O) groups excluding carboxylic acids is 4. The number of nitrogens with two attached hydrogens (primary N) is 1. The number of nitrogens with one attached hydrogen (secondary N) is 4. The van der Waals surface area contributed by atoms with Crippen molar-refractivity contribution in [1.82, 2.24) is 25.5 Å². The van der Waals surface area contributed by atoms with Crippen molar-refractivity contribution in [3.8, 4) is 0 Å². The van der Waals surface area contributed by atoms with Crippen LogP contribution >= 0.6 is 15.6 Å². The number of hydrogen-bond donors (Lipinski definition) is 12. The van der Waals surface area contributed by atoms with Gasteiger partial charge in [-0.3, -0.25) is 42.6 Å². The highest BCUT2D eigenvalue weighted by atomic mass is 31.3. The predicted octanol–water partition coefficient (Wildman–Crippen LogP) is -5.90. The Bertz CT molecular complexity index is 1880. The summed E-state index contributed by atoms with van der Waals surface area (Å²) in [5.74, 6) is -5.32. The number of aromatic amines is 1. The number of carboxylic acid groups (broad SMARTS) is 1. The van der Waals surface area contributed by atoms with Gasteiger partial charge >= 0.3 is 27.3 Å². The molecule has 4 amide bonds. The monoisotopic (exact) mass is 878 g/mol. The van der Waals surface area contributed by atoms with Crippen molar-refractivity contribution < 1.29 is 96.0 Å². The molecule has 0 spiro atoms. The number of carbonyl (C=O) groups is 5. The van der Waals surface area contributed by atoms with Gasteiger partial charge in [0.2, 0.25) is 23.6 Å². The maximum atomic E-state index is 13.0. The molecule has 0 radical (unpaired) electrons. The molecule has 2 fully saturated rings. The van der Waals surface area contributed by atoms with E-state index in [0.29, 0.717) is 4.57 Å². The Morgan fingerprint density at radius 2 is 1.64 bits per heavy atom. The molecule has 0 bridgehead atoms. The normalized spacial score (nSPS) is 29.5. The van der Waals surface area contributed by atoms with E-state index in [-0.39, 0.29) is 12.8 Å². The summed E-state index contributed by atoms with van der Waals surface area (Å²) in [4.78, 5) is 106. The van der Waals surface area contributed by atoms with E-state index in [2.05, 4.69) is 24.8 Å². The molecule has 3 heterocycles. The van der Waals surface area contributed by atoms with Crippen LogP contribution in [0.25, 0.3) is 0 Å². The molecular weight excluding hydrogens is 834 g/mol. The number of primary amides is 1. The Kier molecular flexibility index (Phi) is 16.9. The molecule has 0 aromatic carbocycles. The number of nitrogens with zero attached hydrogens (tertiary/aromatic N) is 1. The van der Waals surface area contributed by atoms with Gasteiger partial charge in [0.05, 0.1) is 13.2 Å². The number of aliphatic hydroxyl groups excluding tert-OH is 4. The van der Waals surface area contributed by atoms with E-state index >= 15 is 0 Å². The molecule has 13 N–H and O–H groups in total. The number of aromatic nitrogens is 2. The second-order valence-electron chi connectivity index (χ2n) is 12.8. The molecule has 2 unspecified atom stereocenters. The van der Waals surface area contributed by atoms with Crippen LogP contribution in [0, 0.1) is 0 Å². The zero-order valence-corrected chi connectivity index (χ0v) is 32.4. The lowest BCUT2D eigenvalue weighted by Crippen LogP contribution is -2.66. The Morgan fingerprint density at radius 1 is 0.983 bits per heavy atom. The summed E-state index contributed by atoms with van der Waals surface area (Å²) in [5, 5.41) is 57.4. The summed E-state index contributed by atoms with van der Waals surface area (Å²) >= 11 is 0. The number of phosphoric acid groups is 2. The minimum absolute atomic E-state index is 0.358. The minimum Gasteiger partial charge on any atom is -0.480 e. The number of amides is 4. The van der Waals surface area contributed by atoms with Crippen LogP contribution < -0.4 is 32.9 Å². The Morgan fingerprint density at radius 3 is 2.21 bits per heavy atom. The van der Waals surface area contributed by atoms with Crippen LogP contribution in [0.5, 0.6) is 0 Å². The second-order valence-corrected chi connectivity index (χ2v) is 15.8. The lowest BCUT2D eigenvalue weighted by molar-refractivity contribution is -0.261. The smallest absolute Gasteiger partial charge is 0.480 e. The molecule has 2 aliphatic rings. The average Bonchev–Trinajstić information content (AvgIpc) is 3.39. The van der Waals surface area contributed by atoms with E-state index in [9.17, 15) is 78.0 Å². The van der Waals surface area contributed by atoms with Crippen molar-refractivity contribution in [1.29, 1.82) is 0 Å². The van der Waals surface area contributed by atoms with Gasteiger partial charge in [-0.25, -0.2) is 18.7 Å². The molecule has 2 aliphatic heterocycles. The SMILES string of the molecule is CC(=O)N[C@H]1[C@@H](OP(=O)(O)OP(=O)(O)OC[C@H]2O[C@@H](n3ccc(=O)[nH]c3=O)[C@H](O)[C@@H]2O)O[C@H](CO)[C@@H](O)[C@@H]1O[C@H](C)C(=O)N[C@@H](C)C(=O)N[C@H](CCC(N)=O)C(=O)O. The lowest BCUT2D eigenvalue weighted by Gasteiger charge is -2.44. The standard InChI is InChI=1S/C28H44N6O22P2/c1-10(23(42)32-13(26(44)45)4-5-16(29)37)30-24(43)11(2)52-22-18(31-12(3)36)27(54-14(8-35)20(22)40)55-58(49,50)56-57(47,48)51-9-15-19(39)21(41)25(53-15)34-7-6-17(38)33-28(34)46/h6-7,10-11,13-15,18-22,25,27,35,39-41H,4-5,8-9H2,1-3H3,(H2,29,37)(H,30,43)(H,31,36)(H,32,42)(H,44,45)(H,47,48)(H,49,50)(H,33,38,46)/t10-,11+,13+,14+,15+,18+,19+,20+,21+,22+,25+,27+/m0/s1. The highest BCUT2D eigenvalue weighted by Gasteiger charge is 2.52. The quantitative estimate of drug-likeness (QED) is 0.0543. The van der Waals surface area contributed by atoms with Gasteiger partial charge in [0, 0.05) is 25.6 Å². The second kappa shape index (κ2) is 20.3. The molecule has 28 nitrogen and oxygen atoms in total. The molecule has 1 aromatic heterocycles. The molecule has 328 valence electrons. The van der Waals surface area contributed by atoms with E-state index in [4.69, 9.17) is 24.5 Å². The van der Waals surface area contributed by atoms with Gasteiger partial charge in [-0.2, -0.15) is 4.31 Å². The maximum absolute atomic E-state index is 13.0. The third-order valence-electron chi connectivity index (χ3n) is 8.31. The largest absolute Gasteiger partial charge is 0.483 e. The average molecular weight is 879 g/mol. The van der Waals surface area contributed by atoms with Crippen LogP contribution in [0.3, 0.4) is 0 Å². The molecule has 3 rings (SSSR count). The van der Waals surface area contributed by atoms with Crippen LogP contribution in [0.1, 0.15) is 39.8 Å². The number of rotatable bonds is 20. The molecule has 58 heavy (non-hydrogen) atoms. The van der Waals surface area contributed by atoms with Crippen LogP contribution in [0.15, 0.2) is 21.9 Å². The summed E-state index contributed by atoms with van der Waals surface area (Å²) in [6.07, 6.45) is -16.3. The fourth-order valence-corrected chi connectivity index (χ4v) is 7.60. The Hall–Kier alpha value is -3.99. The summed E-state index contributed by atoms with van der Waals surface area (Å²) in [7, 11) is -11.6. The highest BCUT2D eigenvalue weighted by molar-refractivity contribution is 7.61. The van der Waals surface area contributed by atoms with Gasteiger partial charge in [0.15, 0.2) is 12.5 Å². The van der Waals surface area contributed by atoms with Crippen molar-refractivity contribution in [3.05, 3.63) is 33.1 Å². The minimum atomic E-state index is -5.88. The zero-order valence-electron chi connectivity index (χ0n) is 30.6. The third-order valence-corrected chi connectivity index (χ3v) is 10.9. The molecule has 0 saturated carbocycles. The van der Waals surface area contributed by atoms with Gasteiger partial charge in [0.25, 0.3) is 5.56 Å². The van der Waals surface area contributed by atoms with E-state index in [0.717, 1.165) is 33.0 Å². The Balaban J connectivity index is 1.71.